The number of benzene rings is 3. The molecule has 0 saturated carbocycles. The smallest absolute Gasteiger partial charge is 0.276 e. The molecule has 0 aliphatic carbocycles. The van der Waals surface area contributed by atoms with Crippen molar-refractivity contribution in [3.05, 3.63) is 84.4 Å². The number of para-hydroxylation sites is 2. The first kappa shape index (κ1) is 25.3. The number of hydrogen-bond acceptors (Lipinski definition) is 7. The monoisotopic (exact) mass is 495 g/mol. The van der Waals surface area contributed by atoms with Gasteiger partial charge < -0.3 is 18.9 Å². The van der Waals surface area contributed by atoms with E-state index in [4.69, 9.17) is 31.2 Å². The molecule has 0 atom stereocenters. The van der Waals surface area contributed by atoms with E-state index in [0.29, 0.717) is 23.9 Å². The number of ether oxygens (including phenoxy) is 4. The van der Waals surface area contributed by atoms with Crippen LogP contribution in [-0.4, -0.2) is 43.9 Å². The molecule has 0 radical (unpaired) electrons. The predicted octanol–water partition coefficient (Wildman–Crippen LogP) is 2.87. The van der Waals surface area contributed by atoms with Crippen molar-refractivity contribution in [1.29, 1.82) is 0 Å². The lowest BCUT2D eigenvalue weighted by Crippen LogP contribution is -2.49. The zero-order valence-corrected chi connectivity index (χ0v) is 19.8. The van der Waals surface area contributed by atoms with E-state index in [1.54, 1.807) is 55.6 Å². The van der Waals surface area contributed by atoms with E-state index in [2.05, 4.69) is 16.2 Å². The van der Waals surface area contributed by atoms with Gasteiger partial charge in [0.1, 0.15) is 36.2 Å². The van der Waals surface area contributed by atoms with Crippen molar-refractivity contribution in [2.75, 3.05) is 26.9 Å². The second kappa shape index (κ2) is 13.4. The number of carbonyl (C=O) groups is 2. The molecule has 0 aliphatic heterocycles. The summed E-state index contributed by atoms with van der Waals surface area (Å²) in [7, 11) is 1.56. The molecule has 3 aromatic carbocycles. The highest BCUT2D eigenvalue weighted by molar-refractivity contribution is 7.80. The van der Waals surface area contributed by atoms with Gasteiger partial charge in [-0.05, 0) is 60.7 Å². The van der Waals surface area contributed by atoms with Gasteiger partial charge in [-0.1, -0.05) is 30.3 Å². The summed E-state index contributed by atoms with van der Waals surface area (Å²) in [6, 6.07) is 22.9. The van der Waals surface area contributed by atoms with Gasteiger partial charge in [-0.25, -0.2) is 0 Å². The Kier molecular flexibility index (Phi) is 9.70. The van der Waals surface area contributed by atoms with Crippen LogP contribution in [0.3, 0.4) is 0 Å². The van der Waals surface area contributed by atoms with E-state index >= 15 is 0 Å². The Balaban J connectivity index is 1.40. The first-order valence-electron chi connectivity index (χ1n) is 10.6. The highest BCUT2D eigenvalue weighted by Crippen LogP contribution is 2.18. The minimum atomic E-state index is -0.495. The molecule has 3 rings (SSSR count). The molecule has 0 spiro atoms. The summed E-state index contributed by atoms with van der Waals surface area (Å²) in [4.78, 5) is 24.6. The normalized spacial score (nSPS) is 9.97. The van der Waals surface area contributed by atoms with Crippen molar-refractivity contribution < 1.29 is 28.5 Å². The Hall–Kier alpha value is -4.31. The Labute approximate surface area is 208 Å². The van der Waals surface area contributed by atoms with Crippen LogP contribution in [0.2, 0.25) is 0 Å². The summed E-state index contributed by atoms with van der Waals surface area (Å²) >= 11 is 5.08. The van der Waals surface area contributed by atoms with Crippen LogP contribution >= 0.6 is 12.2 Å². The molecular weight excluding hydrogens is 470 g/mol. The summed E-state index contributed by atoms with van der Waals surface area (Å²) < 4.78 is 21.7. The van der Waals surface area contributed by atoms with Crippen molar-refractivity contribution in [2.24, 2.45) is 0 Å². The van der Waals surface area contributed by atoms with Crippen molar-refractivity contribution in [1.82, 2.24) is 16.2 Å². The zero-order chi connectivity index (χ0) is 24.9. The number of hydrazine groups is 1. The van der Waals surface area contributed by atoms with Crippen molar-refractivity contribution >= 4 is 29.1 Å². The number of amides is 2. The number of rotatable bonds is 10. The quantitative estimate of drug-likeness (QED) is 0.224. The molecule has 0 aromatic heterocycles. The van der Waals surface area contributed by atoms with Crippen molar-refractivity contribution in [3.63, 3.8) is 0 Å². The standard InChI is InChI=1S/C25H25N3O6S/c1-31-18-11-13-20(14-12-18)34-17-23(29)27-28-25(35)26-24(30)21-9-5-6-10-22(21)33-16-15-32-19-7-3-2-4-8-19/h2-14H,15-17H2,1H3,(H,27,29)(H2,26,28,30,35). The van der Waals surface area contributed by atoms with Crippen LogP contribution in [0.5, 0.6) is 23.0 Å². The molecule has 3 aromatic rings. The summed E-state index contributed by atoms with van der Waals surface area (Å²) in [5, 5.41) is 2.41. The minimum absolute atomic E-state index is 0.0880. The Morgan fingerprint density at radius 2 is 1.37 bits per heavy atom. The zero-order valence-electron chi connectivity index (χ0n) is 19.0. The summed E-state index contributed by atoms with van der Waals surface area (Å²) in [6.45, 7) is 0.300. The van der Waals surface area contributed by atoms with E-state index in [1.807, 2.05) is 30.3 Å². The molecule has 182 valence electrons. The third-order valence-electron chi connectivity index (χ3n) is 4.46. The predicted molar refractivity (Wildman–Crippen MR) is 134 cm³/mol. The molecule has 0 heterocycles. The third kappa shape index (κ3) is 8.52. The molecule has 0 unspecified atom stereocenters. The largest absolute Gasteiger partial charge is 0.497 e. The van der Waals surface area contributed by atoms with Crippen LogP contribution in [0.25, 0.3) is 0 Å². The van der Waals surface area contributed by atoms with E-state index in [1.165, 1.54) is 0 Å². The fourth-order valence-electron chi connectivity index (χ4n) is 2.79. The molecule has 2 amide bonds. The van der Waals surface area contributed by atoms with Crippen LogP contribution in [0.15, 0.2) is 78.9 Å². The van der Waals surface area contributed by atoms with E-state index < -0.39 is 11.8 Å². The Bertz CT molecular complexity index is 1130. The summed E-state index contributed by atoms with van der Waals surface area (Å²) in [5.41, 5.74) is 5.11. The minimum Gasteiger partial charge on any atom is -0.497 e. The molecule has 35 heavy (non-hydrogen) atoms. The average molecular weight is 496 g/mol. The maximum absolute atomic E-state index is 12.6. The highest BCUT2D eigenvalue weighted by atomic mass is 32.1. The molecule has 0 saturated heterocycles. The number of methoxy groups -OCH3 is 1. The van der Waals surface area contributed by atoms with E-state index in [9.17, 15) is 9.59 Å². The van der Waals surface area contributed by atoms with Crippen LogP contribution in [-0.2, 0) is 4.79 Å². The van der Waals surface area contributed by atoms with E-state index in [0.717, 1.165) is 5.75 Å². The van der Waals surface area contributed by atoms with Crippen LogP contribution in [0.4, 0.5) is 0 Å². The van der Waals surface area contributed by atoms with Crippen LogP contribution in [0, 0.1) is 0 Å². The SMILES string of the molecule is COc1ccc(OCC(=O)NNC(=S)NC(=O)c2ccccc2OCCOc2ccccc2)cc1. The molecule has 3 N–H and O–H groups in total. The molecule has 0 fully saturated rings. The fourth-order valence-corrected chi connectivity index (χ4v) is 2.94. The third-order valence-corrected chi connectivity index (χ3v) is 4.66. The van der Waals surface area contributed by atoms with Gasteiger partial charge in [0.15, 0.2) is 11.7 Å². The topological polar surface area (TPSA) is 107 Å². The number of thiocarbonyl (C=S) groups is 1. The fraction of sp³-hybridized carbons (Fsp3) is 0.160. The van der Waals surface area contributed by atoms with Gasteiger partial charge in [-0.2, -0.15) is 0 Å². The summed E-state index contributed by atoms with van der Waals surface area (Å²) in [6.07, 6.45) is 0. The van der Waals surface area contributed by atoms with Crippen LogP contribution in [0.1, 0.15) is 10.4 Å². The summed E-state index contributed by atoms with van der Waals surface area (Å²) in [5.74, 6) is 1.31. The van der Waals surface area contributed by atoms with Crippen molar-refractivity contribution in [2.45, 2.75) is 0 Å². The number of nitrogens with one attached hydrogen (secondary N) is 3. The van der Waals surface area contributed by atoms with E-state index in [-0.39, 0.29) is 23.9 Å². The second-order valence-corrected chi connectivity index (χ2v) is 7.34. The Morgan fingerprint density at radius 1 is 0.743 bits per heavy atom. The van der Waals surface area contributed by atoms with Crippen LogP contribution < -0.4 is 35.1 Å². The Morgan fingerprint density at radius 3 is 2.11 bits per heavy atom. The van der Waals surface area contributed by atoms with Gasteiger partial charge in [-0.15, -0.1) is 0 Å². The lowest BCUT2D eigenvalue weighted by Gasteiger charge is -2.14. The first-order valence-corrected chi connectivity index (χ1v) is 11.0. The maximum Gasteiger partial charge on any atom is 0.276 e. The molecular formula is C25H25N3O6S. The van der Waals surface area contributed by atoms with Crippen molar-refractivity contribution in [3.8, 4) is 23.0 Å². The van der Waals surface area contributed by atoms with Gasteiger partial charge in [0, 0.05) is 0 Å². The number of hydrogen-bond donors (Lipinski definition) is 3. The second-order valence-electron chi connectivity index (χ2n) is 6.93. The molecule has 0 bridgehead atoms. The maximum atomic E-state index is 12.6. The highest BCUT2D eigenvalue weighted by Gasteiger charge is 2.14. The van der Waals surface area contributed by atoms with Gasteiger partial charge >= 0.3 is 0 Å². The lowest BCUT2D eigenvalue weighted by molar-refractivity contribution is -0.123. The van der Waals surface area contributed by atoms with Gasteiger partial charge in [0.25, 0.3) is 11.8 Å². The first-order chi connectivity index (χ1) is 17.0. The lowest BCUT2D eigenvalue weighted by atomic mass is 10.2. The van der Waals surface area contributed by atoms with Gasteiger partial charge in [0.2, 0.25) is 0 Å². The average Bonchev–Trinajstić information content (AvgIpc) is 2.89. The molecule has 0 aliphatic rings. The molecule has 9 nitrogen and oxygen atoms in total. The molecule has 10 heteroatoms. The van der Waals surface area contributed by atoms with Gasteiger partial charge in [0.05, 0.1) is 12.7 Å². The van der Waals surface area contributed by atoms with Gasteiger partial charge in [-0.3, -0.25) is 25.8 Å². The number of carbonyl (C=O) groups excluding carboxylic acids is 2.